The van der Waals surface area contributed by atoms with Gasteiger partial charge in [-0.1, -0.05) is 36.9 Å². The highest BCUT2D eigenvalue weighted by Gasteiger charge is 2.15. The average molecular weight is 333 g/mol. The third-order valence-corrected chi connectivity index (χ3v) is 4.02. The van der Waals surface area contributed by atoms with E-state index in [9.17, 15) is 0 Å². The summed E-state index contributed by atoms with van der Waals surface area (Å²) in [4.78, 5) is 8.81. The van der Waals surface area contributed by atoms with Crippen molar-refractivity contribution in [2.24, 2.45) is 7.05 Å². The van der Waals surface area contributed by atoms with Gasteiger partial charge in [-0.25, -0.2) is 4.98 Å². The zero-order valence-corrected chi connectivity index (χ0v) is 14.9. The number of rotatable bonds is 6. The fraction of sp³-hybridized carbons (Fsp3) is 0.200. The lowest BCUT2D eigenvalue weighted by atomic mass is 10.1. The Balaban J connectivity index is 2.02. The van der Waals surface area contributed by atoms with Gasteiger partial charge < -0.3 is 9.80 Å². The van der Waals surface area contributed by atoms with Crippen LogP contribution in [0.3, 0.4) is 0 Å². The highest BCUT2D eigenvalue weighted by atomic mass is 15.2. The van der Waals surface area contributed by atoms with E-state index in [2.05, 4.69) is 39.8 Å². The molecule has 0 saturated heterocycles. The third-order valence-electron chi connectivity index (χ3n) is 4.02. The molecule has 0 fully saturated rings. The Bertz CT molecular complexity index is 852. The molecule has 0 aliphatic rings. The van der Waals surface area contributed by atoms with Crippen LogP contribution in [0.2, 0.25) is 0 Å². The van der Waals surface area contributed by atoms with Crippen LogP contribution in [0.15, 0.2) is 67.8 Å². The first kappa shape index (κ1) is 16.8. The molecule has 0 amide bonds. The number of hydrogen-bond donors (Lipinski definition) is 0. The Hall–Kier alpha value is -3.08. The third kappa shape index (κ3) is 3.71. The monoisotopic (exact) mass is 333 g/mol. The molecular weight excluding hydrogens is 310 g/mol. The number of hydrogen-bond acceptors (Lipinski definition) is 4. The van der Waals surface area contributed by atoms with E-state index in [0.29, 0.717) is 6.54 Å². The van der Waals surface area contributed by atoms with Gasteiger partial charge in [0.05, 0.1) is 18.4 Å². The maximum Gasteiger partial charge on any atom is 0.152 e. The van der Waals surface area contributed by atoms with Crippen LogP contribution in [-0.4, -0.2) is 28.9 Å². The molecule has 3 rings (SSSR count). The maximum absolute atomic E-state index is 4.69. The quantitative estimate of drug-likeness (QED) is 0.689. The lowest BCUT2D eigenvalue weighted by Gasteiger charge is -2.25. The van der Waals surface area contributed by atoms with Crippen LogP contribution >= 0.6 is 0 Å². The van der Waals surface area contributed by atoms with Crippen LogP contribution in [0.4, 0.5) is 11.5 Å². The van der Waals surface area contributed by atoms with Crippen molar-refractivity contribution in [2.45, 2.75) is 6.54 Å². The summed E-state index contributed by atoms with van der Waals surface area (Å²) in [5.41, 5.74) is 4.37. The normalized spacial score (nSPS) is 10.5. The van der Waals surface area contributed by atoms with Crippen molar-refractivity contribution in [3.05, 3.63) is 73.3 Å². The van der Waals surface area contributed by atoms with E-state index in [0.717, 1.165) is 28.2 Å². The van der Waals surface area contributed by atoms with Crippen molar-refractivity contribution < 1.29 is 0 Å². The summed E-state index contributed by atoms with van der Waals surface area (Å²) in [6.45, 7) is 4.69. The highest BCUT2D eigenvalue weighted by molar-refractivity contribution is 5.76. The number of nitrogens with zero attached hydrogens (tertiary/aromatic N) is 5. The topological polar surface area (TPSA) is 37.2 Å². The van der Waals surface area contributed by atoms with Crippen LogP contribution in [0.25, 0.3) is 11.1 Å². The average Bonchev–Trinajstić information content (AvgIpc) is 3.05. The summed E-state index contributed by atoms with van der Waals surface area (Å²) < 4.78 is 1.81. The Labute approximate surface area is 148 Å². The minimum Gasteiger partial charge on any atom is -0.361 e. The molecule has 0 aliphatic carbocycles. The van der Waals surface area contributed by atoms with Gasteiger partial charge in [0.1, 0.15) is 0 Å². The molecule has 0 spiro atoms. The zero-order chi connectivity index (χ0) is 17.8. The van der Waals surface area contributed by atoms with E-state index in [1.165, 1.54) is 0 Å². The summed E-state index contributed by atoms with van der Waals surface area (Å²) in [7, 11) is 5.92. The van der Waals surface area contributed by atoms with Gasteiger partial charge in [-0.15, -0.1) is 0 Å². The van der Waals surface area contributed by atoms with Gasteiger partial charge in [-0.2, -0.15) is 5.10 Å². The second kappa shape index (κ2) is 7.21. The number of aromatic nitrogens is 3. The van der Waals surface area contributed by atoms with E-state index in [4.69, 9.17) is 0 Å². The van der Waals surface area contributed by atoms with E-state index in [1.807, 2.05) is 73.7 Å². The van der Waals surface area contributed by atoms with Crippen molar-refractivity contribution in [1.29, 1.82) is 0 Å². The first-order chi connectivity index (χ1) is 12.1. The predicted molar refractivity (Wildman–Crippen MR) is 104 cm³/mol. The largest absolute Gasteiger partial charge is 0.361 e. The minimum absolute atomic E-state index is 0.693. The number of aryl methyl sites for hydroxylation is 1. The lowest BCUT2D eigenvalue weighted by Crippen LogP contribution is -2.20. The summed E-state index contributed by atoms with van der Waals surface area (Å²) >= 11 is 0. The van der Waals surface area contributed by atoms with Gasteiger partial charge in [0.25, 0.3) is 0 Å². The molecule has 0 radical (unpaired) electrons. The molecule has 128 valence electrons. The SMILES string of the molecule is C=CN(Cc1cnn(C)c1)c1cc(-c2ccccc2)cnc1N(C)C. The predicted octanol–water partition coefficient (Wildman–Crippen LogP) is 3.70. The molecule has 0 unspecified atom stereocenters. The summed E-state index contributed by atoms with van der Waals surface area (Å²) in [6, 6.07) is 12.4. The van der Waals surface area contributed by atoms with Gasteiger partial charge in [-0.05, 0) is 17.8 Å². The maximum atomic E-state index is 4.69. The van der Waals surface area contributed by atoms with Crippen LogP contribution in [0.5, 0.6) is 0 Å². The fourth-order valence-corrected chi connectivity index (χ4v) is 2.79. The first-order valence-corrected chi connectivity index (χ1v) is 8.18. The fourth-order valence-electron chi connectivity index (χ4n) is 2.79. The number of pyridine rings is 1. The van der Waals surface area contributed by atoms with Crippen molar-refractivity contribution in [2.75, 3.05) is 23.9 Å². The van der Waals surface area contributed by atoms with Gasteiger partial charge in [0, 0.05) is 44.7 Å². The van der Waals surface area contributed by atoms with Crippen LogP contribution < -0.4 is 9.80 Å². The Morgan fingerprint density at radius 2 is 1.88 bits per heavy atom. The van der Waals surface area contributed by atoms with Crippen molar-refractivity contribution in [3.63, 3.8) is 0 Å². The van der Waals surface area contributed by atoms with Crippen molar-refractivity contribution in [1.82, 2.24) is 14.8 Å². The molecule has 0 saturated carbocycles. The molecule has 0 bridgehead atoms. The van der Waals surface area contributed by atoms with Crippen molar-refractivity contribution in [3.8, 4) is 11.1 Å². The second-order valence-electron chi connectivity index (χ2n) is 6.16. The molecule has 0 atom stereocenters. The van der Waals surface area contributed by atoms with E-state index in [1.54, 1.807) is 0 Å². The smallest absolute Gasteiger partial charge is 0.152 e. The molecule has 25 heavy (non-hydrogen) atoms. The van der Waals surface area contributed by atoms with Crippen LogP contribution in [0.1, 0.15) is 5.56 Å². The van der Waals surface area contributed by atoms with E-state index in [-0.39, 0.29) is 0 Å². The zero-order valence-electron chi connectivity index (χ0n) is 14.9. The molecule has 0 N–H and O–H groups in total. The van der Waals surface area contributed by atoms with E-state index < -0.39 is 0 Å². The van der Waals surface area contributed by atoms with Crippen molar-refractivity contribution >= 4 is 11.5 Å². The summed E-state index contributed by atoms with van der Waals surface area (Å²) in [6.07, 6.45) is 7.64. The first-order valence-electron chi connectivity index (χ1n) is 8.18. The molecule has 3 aromatic rings. The van der Waals surface area contributed by atoms with Gasteiger partial charge >= 0.3 is 0 Å². The second-order valence-corrected chi connectivity index (χ2v) is 6.16. The molecule has 5 heteroatoms. The molecule has 1 aromatic carbocycles. The summed E-state index contributed by atoms with van der Waals surface area (Å²) in [5.74, 6) is 0.906. The van der Waals surface area contributed by atoms with Crippen LogP contribution in [0, 0.1) is 0 Å². The van der Waals surface area contributed by atoms with Crippen LogP contribution in [-0.2, 0) is 13.6 Å². The number of benzene rings is 1. The van der Waals surface area contributed by atoms with Gasteiger partial charge in [0.15, 0.2) is 5.82 Å². The molecule has 0 aliphatic heterocycles. The molecular formula is C20H23N5. The standard InChI is InChI=1S/C20H23N5/c1-5-25(15-16-12-22-24(4)14-16)19-11-18(13-21-20(19)23(2)3)17-9-7-6-8-10-17/h5-14H,1,15H2,2-4H3. The minimum atomic E-state index is 0.693. The Morgan fingerprint density at radius 3 is 2.48 bits per heavy atom. The lowest BCUT2D eigenvalue weighted by molar-refractivity contribution is 0.766. The highest BCUT2D eigenvalue weighted by Crippen LogP contribution is 2.32. The molecule has 5 nitrogen and oxygen atoms in total. The van der Waals surface area contributed by atoms with Gasteiger partial charge in [-0.3, -0.25) is 4.68 Å². The molecule has 2 heterocycles. The van der Waals surface area contributed by atoms with E-state index >= 15 is 0 Å². The summed E-state index contributed by atoms with van der Waals surface area (Å²) in [5, 5.41) is 4.25. The molecule has 2 aromatic heterocycles. The number of anilines is 2. The van der Waals surface area contributed by atoms with Gasteiger partial charge in [0.2, 0.25) is 0 Å². The Kier molecular flexibility index (Phi) is 4.84. The Morgan fingerprint density at radius 1 is 1.12 bits per heavy atom.